The Kier molecular flexibility index (Phi) is 10.7. The zero-order chi connectivity index (χ0) is 28.4. The number of esters is 1. The highest BCUT2D eigenvalue weighted by Crippen LogP contribution is 2.36. The van der Waals surface area contributed by atoms with Crippen molar-refractivity contribution >= 4 is 5.97 Å². The van der Waals surface area contributed by atoms with Crippen LogP contribution in [0.15, 0.2) is 91.0 Å². The molecule has 0 saturated carbocycles. The summed E-state index contributed by atoms with van der Waals surface area (Å²) in [7, 11) is 0. The lowest BCUT2D eigenvalue weighted by Crippen LogP contribution is -2.66. The van der Waals surface area contributed by atoms with E-state index in [1.165, 1.54) is 6.92 Å². The van der Waals surface area contributed by atoms with E-state index in [1.807, 2.05) is 91.0 Å². The molecule has 1 aliphatic rings. The van der Waals surface area contributed by atoms with Crippen molar-refractivity contribution in [2.75, 3.05) is 13.2 Å². The van der Waals surface area contributed by atoms with Gasteiger partial charge in [0.1, 0.15) is 24.4 Å². The number of halogens is 2. The number of hydrogen-bond donors (Lipinski definition) is 1. The van der Waals surface area contributed by atoms with Gasteiger partial charge in [-0.15, -0.1) is 0 Å². The number of aliphatic hydroxyl groups excluding tert-OH is 1. The predicted molar refractivity (Wildman–Crippen MR) is 142 cm³/mol. The summed E-state index contributed by atoms with van der Waals surface area (Å²) >= 11 is 0. The normalized spacial score (nSPS) is 23.1. The van der Waals surface area contributed by atoms with E-state index >= 15 is 8.78 Å². The van der Waals surface area contributed by atoms with Crippen LogP contribution in [-0.2, 0) is 48.3 Å². The molecule has 5 atom stereocenters. The van der Waals surface area contributed by atoms with Crippen LogP contribution in [0.25, 0.3) is 0 Å². The molecule has 3 aromatic carbocycles. The topological polar surface area (TPSA) is 83.5 Å². The molecule has 0 spiro atoms. The highest BCUT2D eigenvalue weighted by atomic mass is 19.3. The predicted octanol–water partition coefficient (Wildman–Crippen LogP) is 4.70. The molecule has 1 heterocycles. The Hall–Kier alpha value is -3.21. The fraction of sp³-hybridized carbons (Fsp3) is 0.387. The van der Waals surface area contributed by atoms with E-state index in [0.717, 1.165) is 16.7 Å². The Morgan fingerprint density at radius 3 is 1.77 bits per heavy atom. The molecule has 1 aliphatic heterocycles. The fourth-order valence-corrected chi connectivity index (χ4v) is 4.50. The lowest BCUT2D eigenvalue weighted by molar-refractivity contribution is -0.298. The average Bonchev–Trinajstić information content (AvgIpc) is 2.98. The van der Waals surface area contributed by atoms with Crippen LogP contribution < -0.4 is 0 Å². The number of ether oxygens (including phenoxy) is 5. The monoisotopic (exact) mass is 556 g/mol. The van der Waals surface area contributed by atoms with Crippen molar-refractivity contribution in [2.45, 2.75) is 63.2 Å². The Morgan fingerprint density at radius 2 is 1.27 bits per heavy atom. The Bertz CT molecular complexity index is 1160. The van der Waals surface area contributed by atoms with Gasteiger partial charge in [-0.1, -0.05) is 91.0 Å². The van der Waals surface area contributed by atoms with Crippen LogP contribution in [-0.4, -0.2) is 60.7 Å². The summed E-state index contributed by atoms with van der Waals surface area (Å²) in [4.78, 5) is 12.2. The van der Waals surface area contributed by atoms with Crippen LogP contribution in [0.1, 0.15) is 23.6 Å². The maximum atomic E-state index is 15.3. The minimum atomic E-state index is -4.15. The number of rotatable bonds is 13. The molecule has 214 valence electrons. The Labute approximate surface area is 232 Å². The van der Waals surface area contributed by atoms with Crippen LogP contribution >= 0.6 is 0 Å². The summed E-state index contributed by atoms with van der Waals surface area (Å²) in [5, 5.41) is 11.2. The van der Waals surface area contributed by atoms with E-state index in [9.17, 15) is 9.90 Å². The van der Waals surface area contributed by atoms with Gasteiger partial charge in [0.2, 0.25) is 0 Å². The van der Waals surface area contributed by atoms with Crippen LogP contribution in [0.3, 0.4) is 0 Å². The van der Waals surface area contributed by atoms with Gasteiger partial charge in [-0.2, -0.15) is 8.78 Å². The van der Waals surface area contributed by atoms with Gasteiger partial charge in [0.05, 0.1) is 33.0 Å². The number of carbonyl (C=O) groups is 1. The van der Waals surface area contributed by atoms with Gasteiger partial charge >= 0.3 is 11.9 Å². The van der Waals surface area contributed by atoms with E-state index in [4.69, 9.17) is 18.9 Å². The molecule has 7 nitrogen and oxygen atoms in total. The standard InChI is InChI=1S/C31H34F2O7/c1-2-37-30(35)31(32,33)29-26(34)28(39-20-24-16-10-5-11-17-24)27(38-19-23-14-8-4-9-15-23)25(40-29)21-36-18-22-12-6-3-7-13-22/h3-17,25-29,34H,2,18-21H2,1H3/t25-,26+,27+,28-,29+/m1/s1. The molecule has 0 aliphatic carbocycles. The maximum absolute atomic E-state index is 15.3. The summed E-state index contributed by atoms with van der Waals surface area (Å²) in [6.45, 7) is 1.35. The molecule has 0 bridgehead atoms. The van der Waals surface area contributed by atoms with Crippen molar-refractivity contribution in [3.05, 3.63) is 108 Å². The third kappa shape index (κ3) is 7.71. The highest BCUT2D eigenvalue weighted by Gasteiger charge is 2.60. The first-order valence-corrected chi connectivity index (χ1v) is 13.2. The SMILES string of the molecule is CCOC(=O)C(F)(F)[C@H]1O[C@H](COCc2ccccc2)[C@H](OCc2ccccc2)[C@H](OCc2ccccc2)[C@@H]1O. The molecular formula is C31H34F2O7. The van der Waals surface area contributed by atoms with Crippen molar-refractivity contribution in [2.24, 2.45) is 0 Å². The largest absolute Gasteiger partial charge is 0.461 e. The summed E-state index contributed by atoms with van der Waals surface area (Å²) in [6, 6.07) is 27.7. The molecule has 3 aromatic rings. The van der Waals surface area contributed by atoms with E-state index in [2.05, 4.69) is 4.74 Å². The maximum Gasteiger partial charge on any atom is 0.379 e. The van der Waals surface area contributed by atoms with Crippen molar-refractivity contribution in [1.29, 1.82) is 0 Å². The van der Waals surface area contributed by atoms with E-state index in [0.29, 0.717) is 0 Å². The van der Waals surface area contributed by atoms with Crippen molar-refractivity contribution < 1.29 is 42.4 Å². The van der Waals surface area contributed by atoms with Crippen LogP contribution in [0, 0.1) is 0 Å². The summed E-state index contributed by atoms with van der Waals surface area (Å²) in [5.41, 5.74) is 2.49. The molecular weight excluding hydrogens is 522 g/mol. The minimum absolute atomic E-state index is 0.0169. The molecule has 40 heavy (non-hydrogen) atoms. The van der Waals surface area contributed by atoms with Gasteiger partial charge < -0.3 is 28.8 Å². The van der Waals surface area contributed by atoms with Gasteiger partial charge in [-0.25, -0.2) is 4.79 Å². The Balaban J connectivity index is 1.60. The average molecular weight is 557 g/mol. The number of aliphatic hydroxyl groups is 1. The first kappa shape index (κ1) is 29.8. The zero-order valence-electron chi connectivity index (χ0n) is 22.2. The van der Waals surface area contributed by atoms with Crippen molar-refractivity contribution in [3.8, 4) is 0 Å². The van der Waals surface area contributed by atoms with Gasteiger partial charge in [-0.3, -0.25) is 0 Å². The first-order chi connectivity index (χ1) is 19.4. The molecule has 1 saturated heterocycles. The smallest absolute Gasteiger partial charge is 0.379 e. The van der Waals surface area contributed by atoms with Gasteiger partial charge in [0, 0.05) is 0 Å². The van der Waals surface area contributed by atoms with Crippen molar-refractivity contribution in [1.82, 2.24) is 0 Å². The van der Waals surface area contributed by atoms with E-state index in [1.54, 1.807) is 0 Å². The van der Waals surface area contributed by atoms with Gasteiger partial charge in [-0.05, 0) is 23.6 Å². The third-order valence-electron chi connectivity index (χ3n) is 6.53. The Morgan fingerprint density at radius 1 is 0.800 bits per heavy atom. The van der Waals surface area contributed by atoms with Gasteiger partial charge in [0.15, 0.2) is 6.10 Å². The molecule has 0 amide bonds. The van der Waals surface area contributed by atoms with E-state index < -0.39 is 42.4 Å². The number of alkyl halides is 2. The highest BCUT2D eigenvalue weighted by molar-refractivity contribution is 5.78. The second-order valence-corrected chi connectivity index (χ2v) is 9.45. The molecule has 0 unspecified atom stereocenters. The number of carbonyl (C=O) groups excluding carboxylic acids is 1. The minimum Gasteiger partial charge on any atom is -0.461 e. The lowest BCUT2D eigenvalue weighted by Gasteiger charge is -2.45. The quantitative estimate of drug-likeness (QED) is 0.306. The van der Waals surface area contributed by atoms with Crippen LogP contribution in [0.4, 0.5) is 8.78 Å². The summed E-state index contributed by atoms with van der Waals surface area (Å²) in [5.74, 6) is -5.93. The third-order valence-corrected chi connectivity index (χ3v) is 6.53. The molecule has 1 fully saturated rings. The van der Waals surface area contributed by atoms with Crippen LogP contribution in [0.5, 0.6) is 0 Å². The second-order valence-electron chi connectivity index (χ2n) is 9.45. The molecule has 0 radical (unpaired) electrons. The van der Waals surface area contributed by atoms with Gasteiger partial charge in [0.25, 0.3) is 0 Å². The fourth-order valence-electron chi connectivity index (χ4n) is 4.50. The second kappa shape index (κ2) is 14.4. The molecule has 4 rings (SSSR count). The van der Waals surface area contributed by atoms with E-state index in [-0.39, 0.29) is 33.0 Å². The van der Waals surface area contributed by atoms with Crippen molar-refractivity contribution in [3.63, 3.8) is 0 Å². The molecule has 0 aromatic heterocycles. The summed E-state index contributed by atoms with van der Waals surface area (Å²) in [6.07, 6.45) is -7.51. The molecule has 9 heteroatoms. The molecule has 1 N–H and O–H groups in total. The summed E-state index contributed by atoms with van der Waals surface area (Å²) < 4.78 is 59.0. The zero-order valence-corrected chi connectivity index (χ0v) is 22.2. The van der Waals surface area contributed by atoms with Crippen LogP contribution in [0.2, 0.25) is 0 Å². The number of benzene rings is 3. The number of hydrogen-bond acceptors (Lipinski definition) is 7. The lowest BCUT2D eigenvalue weighted by atomic mass is 9.91. The first-order valence-electron chi connectivity index (χ1n) is 13.2.